The lowest BCUT2D eigenvalue weighted by Gasteiger charge is -2.43. The highest BCUT2D eigenvalue weighted by atomic mass is 16.5. The second kappa shape index (κ2) is 15.1. The summed E-state index contributed by atoms with van der Waals surface area (Å²) < 4.78 is 20.3. The van der Waals surface area contributed by atoms with Crippen LogP contribution in [-0.2, 0) is 0 Å². The molecule has 0 amide bonds. The molecule has 12 heteroatoms. The van der Waals surface area contributed by atoms with Crippen molar-refractivity contribution in [3.05, 3.63) is 201 Å². The molecule has 6 heterocycles. The third-order valence-electron chi connectivity index (χ3n) is 11.8. The number of ether oxygens (including phenoxy) is 3. The van der Waals surface area contributed by atoms with Gasteiger partial charge in [-0.1, -0.05) is 72.8 Å². The minimum atomic E-state index is 0.406. The first-order valence-electron chi connectivity index (χ1n) is 21.3. The van der Waals surface area contributed by atoms with Gasteiger partial charge < -0.3 is 24.0 Å². The summed E-state index contributed by atoms with van der Waals surface area (Å²) in [6.07, 6.45) is 10.5. The molecule has 0 unspecified atom stereocenters. The number of nitrogens with zero attached hydrogens (tertiary/aromatic N) is 9. The Morgan fingerprint density at radius 3 is 0.742 bits per heavy atom. The van der Waals surface area contributed by atoms with E-state index in [2.05, 4.69) is 51.1 Å². The van der Waals surface area contributed by atoms with Gasteiger partial charge in [-0.05, 0) is 91.0 Å². The Hall–Kier alpha value is -9.42. The van der Waals surface area contributed by atoms with Gasteiger partial charge >= 0.3 is 0 Å². The van der Waals surface area contributed by atoms with Crippen LogP contribution in [0.1, 0.15) is 0 Å². The molecule has 0 spiro atoms. The van der Waals surface area contributed by atoms with Crippen molar-refractivity contribution < 1.29 is 14.2 Å². The predicted octanol–water partition coefficient (Wildman–Crippen LogP) is 13.8. The molecule has 13 rings (SSSR count). The zero-order valence-electron chi connectivity index (χ0n) is 34.8. The van der Waals surface area contributed by atoms with Crippen LogP contribution < -0.4 is 28.9 Å². The molecule has 0 saturated heterocycles. The largest absolute Gasteiger partial charge is 0.453 e. The van der Waals surface area contributed by atoms with Gasteiger partial charge in [-0.2, -0.15) is 0 Å². The molecule has 0 bridgehead atoms. The van der Waals surface area contributed by atoms with Crippen molar-refractivity contribution in [2.45, 2.75) is 0 Å². The Morgan fingerprint density at radius 2 is 0.470 bits per heavy atom. The Balaban J connectivity index is 1.35. The van der Waals surface area contributed by atoms with Crippen molar-refractivity contribution in [1.29, 1.82) is 0 Å². The third-order valence-corrected chi connectivity index (χ3v) is 11.8. The van der Waals surface area contributed by atoms with Crippen LogP contribution in [0.5, 0.6) is 34.5 Å². The van der Waals surface area contributed by atoms with Gasteiger partial charge in [-0.25, -0.2) is 29.9 Å². The SMILES string of the molecule is c1cnc(-c2c(-c3ncccn3)c(N3c4ccccc4Oc4ccccc43)c(N3c4ccccc4Oc4ccccc43)c(N3c4ccccc4Oc4ccccc43)c2-c2ncccn2)nc1. The molecule has 0 atom stereocenters. The monoisotopic (exact) mass is 855 g/mol. The normalized spacial score (nSPS) is 12.8. The van der Waals surface area contributed by atoms with E-state index in [9.17, 15) is 0 Å². The number of fused-ring (bicyclic) bond motifs is 6. The molecule has 3 aromatic heterocycles. The Kier molecular flexibility index (Phi) is 8.52. The van der Waals surface area contributed by atoms with Crippen LogP contribution in [0.2, 0.25) is 0 Å². The van der Waals surface area contributed by atoms with Gasteiger partial charge in [-0.3, -0.25) is 4.90 Å². The maximum atomic E-state index is 6.77. The van der Waals surface area contributed by atoms with Crippen LogP contribution in [0.4, 0.5) is 51.2 Å². The highest BCUT2D eigenvalue weighted by molar-refractivity contribution is 6.18. The van der Waals surface area contributed by atoms with Gasteiger partial charge in [0.2, 0.25) is 0 Å². The Bertz CT molecular complexity index is 3210. The smallest absolute Gasteiger partial charge is 0.162 e. The molecule has 0 fully saturated rings. The first-order chi connectivity index (χ1) is 32.8. The fourth-order valence-electron chi connectivity index (χ4n) is 9.14. The minimum absolute atomic E-state index is 0.406. The molecule has 10 aromatic rings. The Morgan fingerprint density at radius 1 is 0.242 bits per heavy atom. The number of hydrogen-bond donors (Lipinski definition) is 0. The van der Waals surface area contributed by atoms with Crippen LogP contribution in [0.25, 0.3) is 34.2 Å². The predicted molar refractivity (Wildman–Crippen MR) is 254 cm³/mol. The molecule has 66 heavy (non-hydrogen) atoms. The first-order valence-corrected chi connectivity index (χ1v) is 21.3. The third kappa shape index (κ3) is 5.78. The zero-order valence-corrected chi connectivity index (χ0v) is 34.8. The van der Waals surface area contributed by atoms with Gasteiger partial charge in [0.1, 0.15) is 0 Å². The summed E-state index contributed by atoms with van der Waals surface area (Å²) in [6.45, 7) is 0. The highest BCUT2D eigenvalue weighted by Gasteiger charge is 2.44. The van der Waals surface area contributed by atoms with Crippen molar-refractivity contribution in [3.8, 4) is 68.7 Å². The van der Waals surface area contributed by atoms with E-state index in [4.69, 9.17) is 44.1 Å². The summed E-state index contributed by atoms with van der Waals surface area (Å²) in [5, 5.41) is 0. The van der Waals surface area contributed by atoms with Gasteiger partial charge in [0, 0.05) is 42.7 Å². The molecule has 312 valence electrons. The summed E-state index contributed by atoms with van der Waals surface area (Å²) >= 11 is 0. The molecule has 0 radical (unpaired) electrons. The number of para-hydroxylation sites is 12. The van der Waals surface area contributed by atoms with E-state index >= 15 is 0 Å². The lowest BCUT2D eigenvalue weighted by molar-refractivity contribution is 0.475. The summed E-state index contributed by atoms with van der Waals surface area (Å²) in [6, 6.07) is 53.8. The molecular formula is C54H33N9O3. The Labute approximate surface area is 378 Å². The van der Waals surface area contributed by atoms with Crippen molar-refractivity contribution in [2.75, 3.05) is 14.7 Å². The summed E-state index contributed by atoms with van der Waals surface area (Å²) in [7, 11) is 0. The van der Waals surface area contributed by atoms with E-state index in [0.717, 1.165) is 34.1 Å². The van der Waals surface area contributed by atoms with Crippen molar-refractivity contribution >= 4 is 51.2 Å². The molecular weight excluding hydrogens is 823 g/mol. The second-order valence-corrected chi connectivity index (χ2v) is 15.5. The number of aromatic nitrogens is 6. The fourth-order valence-corrected chi connectivity index (χ4v) is 9.14. The first kappa shape index (κ1) is 37.2. The van der Waals surface area contributed by atoms with E-state index in [1.54, 1.807) is 37.2 Å². The van der Waals surface area contributed by atoms with Crippen LogP contribution in [0.3, 0.4) is 0 Å². The van der Waals surface area contributed by atoms with E-state index in [-0.39, 0.29) is 0 Å². The molecule has 0 aliphatic carbocycles. The summed E-state index contributed by atoms with van der Waals surface area (Å²) in [5.41, 5.74) is 8.60. The molecule has 7 aromatic carbocycles. The van der Waals surface area contributed by atoms with Crippen molar-refractivity contribution in [3.63, 3.8) is 0 Å². The lowest BCUT2D eigenvalue weighted by Crippen LogP contribution is -2.27. The van der Waals surface area contributed by atoms with Crippen LogP contribution in [-0.4, -0.2) is 29.9 Å². The number of hydrogen-bond acceptors (Lipinski definition) is 12. The highest BCUT2D eigenvalue weighted by Crippen LogP contribution is 2.67. The zero-order chi connectivity index (χ0) is 43.6. The summed E-state index contributed by atoms with van der Waals surface area (Å²) in [4.78, 5) is 37.2. The molecule has 12 nitrogen and oxygen atoms in total. The average Bonchev–Trinajstić information content (AvgIpc) is 3.39. The van der Waals surface area contributed by atoms with E-state index in [1.807, 2.05) is 127 Å². The van der Waals surface area contributed by atoms with Gasteiger partial charge in [0.05, 0.1) is 62.3 Å². The quantitative estimate of drug-likeness (QED) is 0.159. The number of rotatable bonds is 6. The maximum Gasteiger partial charge on any atom is 0.162 e. The topological polar surface area (TPSA) is 115 Å². The molecule has 3 aliphatic heterocycles. The average molecular weight is 856 g/mol. The van der Waals surface area contributed by atoms with Crippen LogP contribution >= 0.6 is 0 Å². The van der Waals surface area contributed by atoms with Gasteiger partial charge in [0.25, 0.3) is 0 Å². The van der Waals surface area contributed by atoms with E-state index < -0.39 is 0 Å². The van der Waals surface area contributed by atoms with E-state index in [1.165, 1.54) is 0 Å². The van der Waals surface area contributed by atoms with Crippen LogP contribution in [0, 0.1) is 0 Å². The van der Waals surface area contributed by atoms with Crippen LogP contribution in [0.15, 0.2) is 201 Å². The molecule has 0 N–H and O–H groups in total. The molecule has 3 aliphatic rings. The van der Waals surface area contributed by atoms with Gasteiger partial charge in [0.15, 0.2) is 52.0 Å². The van der Waals surface area contributed by atoms with E-state index in [0.29, 0.717) is 85.7 Å². The van der Waals surface area contributed by atoms with Crippen molar-refractivity contribution in [1.82, 2.24) is 29.9 Å². The van der Waals surface area contributed by atoms with Crippen molar-refractivity contribution in [2.24, 2.45) is 0 Å². The number of benzene rings is 7. The standard InChI is InChI=1S/C54H33N9O3/c1-7-22-40-34(16-1)61(35-17-2-8-23-41(35)64-40)49-47(53-57-30-14-31-58-53)46(52-55-28-13-29-56-52)48(54-59-32-15-33-60-54)50(62-36-18-3-9-24-42(36)65-43-25-10-4-19-37(43)62)51(49)63-38-20-5-11-26-44(38)66-45-27-12-6-21-39(45)63/h1-33H. The number of anilines is 9. The molecule has 0 saturated carbocycles. The maximum absolute atomic E-state index is 6.77. The summed E-state index contributed by atoms with van der Waals surface area (Å²) in [5.74, 6) is 5.17. The second-order valence-electron chi connectivity index (χ2n) is 15.5. The van der Waals surface area contributed by atoms with Gasteiger partial charge in [-0.15, -0.1) is 0 Å². The lowest BCUT2D eigenvalue weighted by atomic mass is 9.89. The minimum Gasteiger partial charge on any atom is -0.453 e. The fraction of sp³-hybridized carbons (Fsp3) is 0.